The SMILES string of the molecule is Cc1ccccc1-c1ccc(/C=C/[C@@H]2[C@@H]3[C@@H](C)OC(=O)[C@]3(NC(=O)c3nccs3)CC(F)(F)[C@H]2C)nc1. The lowest BCUT2D eigenvalue weighted by atomic mass is 9.60. The predicted molar refractivity (Wildman–Crippen MR) is 137 cm³/mol. The molecule has 1 saturated carbocycles. The van der Waals surface area contributed by atoms with E-state index in [9.17, 15) is 9.59 Å². The average molecular weight is 524 g/mol. The number of amides is 1. The van der Waals surface area contributed by atoms with E-state index < -0.39 is 53.6 Å². The third-order valence-electron chi connectivity index (χ3n) is 7.60. The molecule has 1 aliphatic heterocycles. The molecule has 9 heteroatoms. The van der Waals surface area contributed by atoms with Crippen molar-refractivity contribution in [3.63, 3.8) is 0 Å². The molecule has 3 aromatic rings. The predicted octanol–water partition coefficient (Wildman–Crippen LogP) is 5.55. The minimum absolute atomic E-state index is 0.104. The fraction of sp³-hybridized carbons (Fsp3) is 0.357. The van der Waals surface area contributed by atoms with Gasteiger partial charge in [0.05, 0.1) is 5.69 Å². The number of rotatable bonds is 5. The number of thiazole rings is 1. The van der Waals surface area contributed by atoms with E-state index in [1.165, 1.54) is 13.1 Å². The second-order valence-electron chi connectivity index (χ2n) is 9.85. The summed E-state index contributed by atoms with van der Waals surface area (Å²) < 4.78 is 36.3. The highest BCUT2D eigenvalue weighted by Gasteiger charge is 2.68. The molecule has 1 aliphatic carbocycles. The first-order chi connectivity index (χ1) is 17.6. The van der Waals surface area contributed by atoms with E-state index in [4.69, 9.17) is 4.74 Å². The number of nitrogens with one attached hydrogen (secondary N) is 1. The maximum absolute atomic E-state index is 15.4. The van der Waals surface area contributed by atoms with Gasteiger partial charge < -0.3 is 10.1 Å². The third-order valence-corrected chi connectivity index (χ3v) is 8.37. The summed E-state index contributed by atoms with van der Waals surface area (Å²) >= 11 is 1.08. The molecular formula is C28H27F2N3O3S. The van der Waals surface area contributed by atoms with Gasteiger partial charge in [-0.05, 0) is 43.0 Å². The maximum Gasteiger partial charge on any atom is 0.332 e. The Kier molecular flexibility index (Phi) is 6.43. The zero-order chi connectivity index (χ0) is 26.4. The number of carbonyl (C=O) groups is 2. The number of fused-ring (bicyclic) bond motifs is 1. The van der Waals surface area contributed by atoms with Crippen LogP contribution in [0.3, 0.4) is 0 Å². The number of esters is 1. The molecule has 5 atom stereocenters. The van der Waals surface area contributed by atoms with E-state index in [2.05, 4.69) is 15.3 Å². The van der Waals surface area contributed by atoms with Crippen LogP contribution in [0.5, 0.6) is 0 Å². The smallest absolute Gasteiger partial charge is 0.332 e. The normalized spacial score (nSPS) is 28.6. The lowest BCUT2D eigenvalue weighted by Gasteiger charge is -2.47. The van der Waals surface area contributed by atoms with E-state index >= 15 is 8.78 Å². The summed E-state index contributed by atoms with van der Waals surface area (Å²) in [5.74, 6) is -7.22. The summed E-state index contributed by atoms with van der Waals surface area (Å²) in [7, 11) is 0. The second-order valence-corrected chi connectivity index (χ2v) is 10.7. The van der Waals surface area contributed by atoms with Crippen LogP contribution in [0.2, 0.25) is 0 Å². The molecule has 1 N–H and O–H groups in total. The molecule has 5 rings (SSSR count). The number of halogens is 2. The Hall–Kier alpha value is -3.46. The van der Waals surface area contributed by atoms with Crippen LogP contribution in [0.1, 0.15) is 41.3 Å². The van der Waals surface area contributed by atoms with E-state index in [1.807, 2.05) is 43.3 Å². The molecule has 2 aromatic heterocycles. The Morgan fingerprint density at radius 2 is 1.97 bits per heavy atom. The molecule has 2 aliphatic rings. The van der Waals surface area contributed by atoms with Crippen molar-refractivity contribution in [3.05, 3.63) is 76.5 Å². The molecule has 3 heterocycles. The number of hydrogen-bond donors (Lipinski definition) is 1. The van der Waals surface area contributed by atoms with Gasteiger partial charge in [0.1, 0.15) is 6.10 Å². The Balaban J connectivity index is 1.46. The maximum atomic E-state index is 15.4. The summed E-state index contributed by atoms with van der Waals surface area (Å²) in [5, 5.41) is 4.33. The van der Waals surface area contributed by atoms with Gasteiger partial charge in [-0.25, -0.2) is 18.6 Å². The van der Waals surface area contributed by atoms with Gasteiger partial charge in [0.2, 0.25) is 0 Å². The molecule has 0 unspecified atom stereocenters. The number of carbonyl (C=O) groups excluding carboxylic acids is 2. The highest BCUT2D eigenvalue weighted by atomic mass is 32.1. The van der Waals surface area contributed by atoms with Gasteiger partial charge in [-0.15, -0.1) is 11.3 Å². The standard InChI is InChI=1S/C28H27F2N3O3S/c1-16-6-4-5-7-21(16)19-8-9-20(32-14-19)10-11-22-17(2)28(29,30)15-27(23(22)18(3)36-26(27)35)33-24(34)25-31-12-13-37-25/h4-14,17-18,22-23H,15H2,1-3H3,(H,33,34)/b11-10+/t17-,18+,22-,23-,27-/m0/s1. The van der Waals surface area contributed by atoms with E-state index in [0.717, 1.165) is 28.0 Å². The number of pyridine rings is 1. The number of allylic oxidation sites excluding steroid dienone is 1. The van der Waals surface area contributed by atoms with Gasteiger partial charge in [-0.3, -0.25) is 9.78 Å². The minimum atomic E-state index is -3.22. The summed E-state index contributed by atoms with van der Waals surface area (Å²) in [6.07, 6.45) is 5.11. The fourth-order valence-electron chi connectivity index (χ4n) is 5.67. The van der Waals surface area contributed by atoms with Crippen molar-refractivity contribution in [2.24, 2.45) is 17.8 Å². The number of nitrogens with zero attached hydrogens (tertiary/aromatic N) is 2. The molecule has 37 heavy (non-hydrogen) atoms. The summed E-state index contributed by atoms with van der Waals surface area (Å²) in [5.41, 5.74) is 1.91. The zero-order valence-electron chi connectivity index (χ0n) is 20.7. The fourth-order valence-corrected chi connectivity index (χ4v) is 6.20. The van der Waals surface area contributed by atoms with Crippen LogP contribution >= 0.6 is 11.3 Å². The Morgan fingerprint density at radius 1 is 1.19 bits per heavy atom. The lowest BCUT2D eigenvalue weighted by molar-refractivity contribution is -0.158. The Morgan fingerprint density at radius 3 is 2.65 bits per heavy atom. The number of hydrogen-bond acceptors (Lipinski definition) is 6. The van der Waals surface area contributed by atoms with Crippen molar-refractivity contribution in [2.75, 3.05) is 0 Å². The number of aromatic nitrogens is 2. The highest BCUT2D eigenvalue weighted by Crippen LogP contribution is 2.55. The summed E-state index contributed by atoms with van der Waals surface area (Å²) in [6, 6.07) is 11.8. The van der Waals surface area contributed by atoms with Gasteiger partial charge in [0.15, 0.2) is 10.5 Å². The van der Waals surface area contributed by atoms with Crippen LogP contribution in [0.15, 0.2) is 60.2 Å². The van der Waals surface area contributed by atoms with Gasteiger partial charge >= 0.3 is 5.97 Å². The van der Waals surface area contributed by atoms with E-state index in [-0.39, 0.29) is 5.01 Å². The van der Waals surface area contributed by atoms with Gasteiger partial charge in [0, 0.05) is 41.6 Å². The van der Waals surface area contributed by atoms with Crippen molar-refractivity contribution >= 4 is 29.3 Å². The van der Waals surface area contributed by atoms with Crippen molar-refractivity contribution in [3.8, 4) is 11.1 Å². The largest absolute Gasteiger partial charge is 0.460 e. The van der Waals surface area contributed by atoms with E-state index in [1.54, 1.807) is 30.7 Å². The van der Waals surface area contributed by atoms with Crippen LogP contribution in [0.4, 0.5) is 8.78 Å². The first-order valence-corrected chi connectivity index (χ1v) is 13.0. The molecule has 0 spiro atoms. The average Bonchev–Trinajstić information content (AvgIpc) is 3.48. The number of ether oxygens (including phenoxy) is 1. The quantitative estimate of drug-likeness (QED) is 0.444. The number of alkyl halides is 2. The van der Waals surface area contributed by atoms with Crippen LogP contribution in [0.25, 0.3) is 17.2 Å². The van der Waals surface area contributed by atoms with E-state index in [0.29, 0.717) is 5.69 Å². The molecule has 0 bridgehead atoms. The minimum Gasteiger partial charge on any atom is -0.460 e. The first-order valence-electron chi connectivity index (χ1n) is 12.1. The van der Waals surface area contributed by atoms with Crippen molar-refractivity contribution in [1.29, 1.82) is 0 Å². The summed E-state index contributed by atoms with van der Waals surface area (Å²) in [6.45, 7) is 5.19. The third kappa shape index (κ3) is 4.45. The van der Waals surface area contributed by atoms with Crippen LogP contribution < -0.4 is 5.32 Å². The van der Waals surface area contributed by atoms with Gasteiger partial charge in [0.25, 0.3) is 11.8 Å². The molecule has 2 fully saturated rings. The topological polar surface area (TPSA) is 81.2 Å². The molecule has 0 radical (unpaired) electrons. The van der Waals surface area contributed by atoms with Crippen LogP contribution in [-0.2, 0) is 9.53 Å². The number of benzene rings is 1. The Bertz CT molecular complexity index is 1340. The van der Waals surface area contributed by atoms with Crippen LogP contribution in [-0.4, -0.2) is 39.4 Å². The zero-order valence-corrected chi connectivity index (χ0v) is 21.5. The van der Waals surface area contributed by atoms with Gasteiger partial charge in [-0.1, -0.05) is 43.3 Å². The van der Waals surface area contributed by atoms with Crippen LogP contribution in [0, 0.1) is 24.7 Å². The number of aryl methyl sites for hydroxylation is 1. The lowest BCUT2D eigenvalue weighted by Crippen LogP contribution is -2.66. The first kappa shape index (κ1) is 25.2. The number of cyclic esters (lactones) is 1. The second kappa shape index (κ2) is 9.45. The highest BCUT2D eigenvalue weighted by molar-refractivity contribution is 7.11. The molecule has 1 amide bonds. The Labute approximate surface area is 217 Å². The summed E-state index contributed by atoms with van der Waals surface area (Å²) in [4.78, 5) is 34.4. The molecular weight excluding hydrogens is 496 g/mol. The molecule has 1 aromatic carbocycles. The monoisotopic (exact) mass is 523 g/mol. The van der Waals surface area contributed by atoms with Crippen molar-refractivity contribution < 1.29 is 23.1 Å². The van der Waals surface area contributed by atoms with Crippen molar-refractivity contribution in [2.45, 2.75) is 44.8 Å². The molecule has 1 saturated heterocycles. The van der Waals surface area contributed by atoms with Gasteiger partial charge in [-0.2, -0.15) is 0 Å². The molecule has 192 valence electrons. The van der Waals surface area contributed by atoms with Crippen molar-refractivity contribution in [1.82, 2.24) is 15.3 Å². The molecule has 6 nitrogen and oxygen atoms in total.